The van der Waals surface area contributed by atoms with Crippen LogP contribution in [0.15, 0.2) is 67.3 Å². The Morgan fingerprint density at radius 1 is 0.771 bits per heavy atom. The fraction of sp³-hybridized carbons (Fsp3) is 0.600. The smallest absolute Gasteiger partial charge is 0.227 e. The summed E-state index contributed by atoms with van der Waals surface area (Å²) in [5.74, 6) is 0.489. The van der Waals surface area contributed by atoms with Crippen LogP contribution in [0.3, 0.4) is 0 Å². The second kappa shape index (κ2) is 18.8. The number of aryl methyl sites for hydroxylation is 1. The molecule has 0 radical (unpaired) electrons. The molecule has 1 aliphatic heterocycles. The first-order chi connectivity index (χ1) is 22.0. The van der Waals surface area contributed by atoms with Crippen molar-refractivity contribution >= 4 is 23.6 Å². The van der Waals surface area contributed by atoms with Gasteiger partial charge in [-0.25, -0.2) is 4.68 Å². The number of ketones is 1. The first-order valence-electron chi connectivity index (χ1n) is 17.3. The van der Waals surface area contributed by atoms with E-state index in [4.69, 9.17) is 0 Å². The van der Waals surface area contributed by atoms with Crippen LogP contribution in [-0.4, -0.2) is 63.3 Å². The molecule has 0 unspecified atom stereocenters. The summed E-state index contributed by atoms with van der Waals surface area (Å²) < 4.78 is 3.77. The number of aromatic nitrogens is 4. The van der Waals surface area contributed by atoms with E-state index in [2.05, 4.69) is 57.8 Å². The standard InChI is InChI=1S/C13H19NO.C9H16N2.C9H14N2.C9H17NO/c1-13(2,3)12(15)10-6-8-11(9-7-10)14(4)5;2*1-9(2,3)5-8-11-7-4-6-10-11;1-9(2,3)8(11)10-6-4-5-7-10/h6-9H,1-5H3;4,6-7H,5,8H2,1-3H3;4-8H,1-3H3;4-7H2,1-3H3/b;;8-5+;. The van der Waals surface area contributed by atoms with Crippen LogP contribution in [0.5, 0.6) is 0 Å². The Bertz CT molecular complexity index is 1340. The van der Waals surface area contributed by atoms with Gasteiger partial charge in [0.15, 0.2) is 5.78 Å². The van der Waals surface area contributed by atoms with E-state index in [1.54, 1.807) is 10.9 Å². The summed E-state index contributed by atoms with van der Waals surface area (Å²) >= 11 is 0. The van der Waals surface area contributed by atoms with Gasteiger partial charge in [-0.05, 0) is 66.5 Å². The van der Waals surface area contributed by atoms with Crippen molar-refractivity contribution in [2.75, 3.05) is 32.1 Å². The summed E-state index contributed by atoms with van der Waals surface area (Å²) in [5, 5.41) is 8.19. The molecule has 0 atom stereocenters. The summed E-state index contributed by atoms with van der Waals surface area (Å²) in [4.78, 5) is 27.5. The quantitative estimate of drug-likeness (QED) is 0.255. The second-order valence-corrected chi connectivity index (χ2v) is 17.0. The number of carbonyl (C=O) groups excluding carboxylic acids is 2. The van der Waals surface area contributed by atoms with Crippen LogP contribution in [0.4, 0.5) is 5.69 Å². The van der Waals surface area contributed by atoms with E-state index in [1.165, 1.54) is 19.3 Å². The minimum atomic E-state index is -0.306. The molecule has 2 aromatic heterocycles. The van der Waals surface area contributed by atoms with Gasteiger partial charge in [-0.15, -0.1) is 0 Å². The van der Waals surface area contributed by atoms with Crippen LogP contribution in [0.2, 0.25) is 0 Å². The van der Waals surface area contributed by atoms with Crippen LogP contribution in [0.1, 0.15) is 113 Å². The molecule has 1 amide bonds. The fourth-order valence-corrected chi connectivity index (χ4v) is 4.29. The Kier molecular flexibility index (Phi) is 16.5. The molecule has 0 saturated carbocycles. The molecule has 8 nitrogen and oxygen atoms in total. The maximum absolute atomic E-state index is 11.9. The lowest BCUT2D eigenvalue weighted by Gasteiger charge is -2.25. The van der Waals surface area contributed by atoms with Crippen molar-refractivity contribution < 1.29 is 9.59 Å². The average Bonchev–Trinajstić information content (AvgIpc) is 3.78. The molecule has 0 spiro atoms. The number of benzene rings is 1. The number of allylic oxidation sites excluding steroid dienone is 1. The molecule has 268 valence electrons. The molecule has 48 heavy (non-hydrogen) atoms. The summed E-state index contributed by atoms with van der Waals surface area (Å²) in [5.41, 5.74) is 2.04. The Morgan fingerprint density at radius 2 is 1.31 bits per heavy atom. The van der Waals surface area contributed by atoms with E-state index in [9.17, 15) is 9.59 Å². The second-order valence-electron chi connectivity index (χ2n) is 17.0. The lowest BCUT2D eigenvalue weighted by atomic mass is 9.86. The van der Waals surface area contributed by atoms with Gasteiger partial charge in [0, 0.05) is 86.8 Å². The molecule has 1 aliphatic rings. The van der Waals surface area contributed by atoms with Crippen LogP contribution in [-0.2, 0) is 11.3 Å². The third-order valence-electron chi connectivity index (χ3n) is 7.26. The van der Waals surface area contributed by atoms with E-state index in [0.717, 1.165) is 30.9 Å². The molecule has 1 aromatic carbocycles. The van der Waals surface area contributed by atoms with Crippen molar-refractivity contribution in [2.45, 2.75) is 109 Å². The van der Waals surface area contributed by atoms with Crippen LogP contribution < -0.4 is 4.90 Å². The van der Waals surface area contributed by atoms with Gasteiger partial charge in [0.2, 0.25) is 5.91 Å². The molecule has 0 bridgehead atoms. The van der Waals surface area contributed by atoms with E-state index >= 15 is 0 Å². The minimum absolute atomic E-state index is 0.188. The zero-order valence-electron chi connectivity index (χ0n) is 32.7. The van der Waals surface area contributed by atoms with Gasteiger partial charge >= 0.3 is 0 Å². The molecule has 8 heteroatoms. The number of anilines is 1. The topological polar surface area (TPSA) is 76.3 Å². The normalized spacial score (nSPS) is 13.5. The highest BCUT2D eigenvalue weighted by Gasteiger charge is 2.28. The number of rotatable bonds is 5. The van der Waals surface area contributed by atoms with E-state index in [1.807, 2.05) is 131 Å². The van der Waals surface area contributed by atoms with E-state index in [-0.39, 0.29) is 22.0 Å². The number of Topliss-reactive ketones (excluding diaryl/α,β-unsaturated/α-hetero) is 1. The third kappa shape index (κ3) is 18.0. The molecular weight excluding hydrogens is 596 g/mol. The summed E-state index contributed by atoms with van der Waals surface area (Å²) in [6.07, 6.45) is 15.2. The summed E-state index contributed by atoms with van der Waals surface area (Å²) in [6, 6.07) is 11.6. The van der Waals surface area contributed by atoms with Gasteiger partial charge in [-0.3, -0.25) is 14.3 Å². The molecular formula is C40H66N6O2. The Labute approximate surface area is 292 Å². The molecule has 1 fully saturated rings. The molecule has 1 saturated heterocycles. The van der Waals surface area contributed by atoms with Crippen molar-refractivity contribution in [3.8, 4) is 0 Å². The first-order valence-corrected chi connectivity index (χ1v) is 17.3. The number of hydrogen-bond donors (Lipinski definition) is 0. The van der Waals surface area contributed by atoms with Crippen molar-refractivity contribution in [3.63, 3.8) is 0 Å². The lowest BCUT2D eigenvalue weighted by Crippen LogP contribution is -2.37. The van der Waals surface area contributed by atoms with Gasteiger partial charge < -0.3 is 9.80 Å². The summed E-state index contributed by atoms with van der Waals surface area (Å²) in [7, 11) is 3.97. The average molecular weight is 663 g/mol. The van der Waals surface area contributed by atoms with E-state index < -0.39 is 0 Å². The Balaban J connectivity index is 0.000000323. The highest BCUT2D eigenvalue weighted by atomic mass is 16.2. The third-order valence-corrected chi connectivity index (χ3v) is 7.26. The van der Waals surface area contributed by atoms with Gasteiger partial charge in [-0.2, -0.15) is 10.2 Å². The van der Waals surface area contributed by atoms with Crippen LogP contribution in [0.25, 0.3) is 6.20 Å². The van der Waals surface area contributed by atoms with Crippen molar-refractivity contribution in [3.05, 3.63) is 72.8 Å². The highest BCUT2D eigenvalue weighted by Crippen LogP contribution is 2.23. The molecule has 3 heterocycles. The number of amides is 1. The van der Waals surface area contributed by atoms with Gasteiger partial charge in [0.1, 0.15) is 0 Å². The molecule has 0 aliphatic carbocycles. The molecule has 3 aromatic rings. The maximum Gasteiger partial charge on any atom is 0.227 e. The molecule has 4 rings (SSSR count). The van der Waals surface area contributed by atoms with Gasteiger partial charge in [0.25, 0.3) is 0 Å². The SMILES string of the molecule is CC(C)(C)/C=C/n1cccn1.CC(C)(C)C(=O)N1CCCC1.CC(C)(C)CCn1cccn1.CN(C)c1ccc(C(=O)C(C)(C)C)cc1. The largest absolute Gasteiger partial charge is 0.378 e. The van der Waals surface area contributed by atoms with Gasteiger partial charge in [0.05, 0.1) is 0 Å². The fourth-order valence-electron chi connectivity index (χ4n) is 4.29. The Morgan fingerprint density at radius 3 is 1.71 bits per heavy atom. The van der Waals surface area contributed by atoms with E-state index in [0.29, 0.717) is 11.3 Å². The summed E-state index contributed by atoms with van der Waals surface area (Å²) in [6.45, 7) is 27.9. The van der Waals surface area contributed by atoms with Crippen LogP contribution in [0, 0.1) is 21.7 Å². The van der Waals surface area contributed by atoms with Gasteiger partial charge in [-0.1, -0.05) is 89.2 Å². The first kappa shape index (κ1) is 42.3. The van der Waals surface area contributed by atoms with Crippen molar-refractivity contribution in [2.24, 2.45) is 21.7 Å². The zero-order valence-corrected chi connectivity index (χ0v) is 32.7. The van der Waals surface area contributed by atoms with Crippen molar-refractivity contribution in [1.82, 2.24) is 24.5 Å². The lowest BCUT2D eigenvalue weighted by molar-refractivity contribution is -0.138. The highest BCUT2D eigenvalue weighted by molar-refractivity contribution is 6.00. The number of nitrogens with zero attached hydrogens (tertiary/aromatic N) is 6. The predicted molar refractivity (Wildman–Crippen MR) is 203 cm³/mol. The number of hydrogen-bond acceptors (Lipinski definition) is 5. The number of carbonyl (C=O) groups is 2. The zero-order chi connectivity index (χ0) is 36.8. The maximum atomic E-state index is 11.9. The monoisotopic (exact) mass is 663 g/mol. The molecule has 0 N–H and O–H groups in total. The number of likely N-dealkylation sites (tertiary alicyclic amines) is 1. The van der Waals surface area contributed by atoms with Crippen LogP contribution >= 0.6 is 0 Å². The van der Waals surface area contributed by atoms with Crippen molar-refractivity contribution in [1.29, 1.82) is 0 Å². The Hall–Kier alpha value is -3.68. The predicted octanol–water partition coefficient (Wildman–Crippen LogP) is 9.36. The minimum Gasteiger partial charge on any atom is -0.378 e.